The molecule has 0 spiro atoms. The molecule has 8 rings (SSSR count). The van der Waals surface area contributed by atoms with Crippen LogP contribution in [0, 0.1) is 0 Å². The Hall–Kier alpha value is -6.50. The number of carbonyl (C=O) groups excluding carboxylic acids is 2. The highest BCUT2D eigenvalue weighted by Gasteiger charge is 2.14. The first kappa shape index (κ1) is 39.2. The molecule has 0 unspecified atom stereocenters. The Morgan fingerprint density at radius 3 is 1.41 bits per heavy atom. The number of hydrogen-bond donors (Lipinski definition) is 2. The minimum atomic E-state index is -0.503. The van der Waals surface area contributed by atoms with Crippen molar-refractivity contribution in [2.24, 2.45) is 10.2 Å². The van der Waals surface area contributed by atoms with Crippen molar-refractivity contribution in [3.8, 4) is 0 Å². The third-order valence-electron chi connectivity index (χ3n) is 8.97. The molecule has 4 aromatic carbocycles. The minimum absolute atomic E-state index is 0. The van der Waals surface area contributed by atoms with Crippen LogP contribution < -0.4 is 53.9 Å². The molecule has 276 valence electrons. The molecular weight excluding hydrogens is 832 g/mol. The molecule has 56 heavy (non-hydrogen) atoms. The summed E-state index contributed by atoms with van der Waals surface area (Å²) in [5.74, 6) is -1.01. The minimum Gasteiger partial charge on any atom is -1.00 e. The predicted octanol–water partition coefficient (Wildman–Crippen LogP) is 0.144. The van der Waals surface area contributed by atoms with Crippen molar-refractivity contribution in [1.29, 1.82) is 0 Å². The fourth-order valence-electron chi connectivity index (χ4n) is 6.29. The predicted molar refractivity (Wildman–Crippen MR) is 209 cm³/mol. The van der Waals surface area contributed by atoms with E-state index in [0.717, 1.165) is 46.0 Å². The Labute approximate surface area is 343 Å². The van der Waals surface area contributed by atoms with Crippen molar-refractivity contribution in [2.45, 2.75) is 13.1 Å². The number of pyridine rings is 4. The monoisotopic (exact) mass is 864 g/mol. The summed E-state index contributed by atoms with van der Waals surface area (Å²) < 4.78 is 4.39. The molecule has 10 nitrogen and oxygen atoms in total. The number of fused-ring (bicyclic) bond motifs is 3. The maximum atomic E-state index is 13.0. The zero-order valence-corrected chi connectivity index (χ0v) is 33.0. The first-order valence-corrected chi connectivity index (χ1v) is 17.4. The lowest BCUT2D eigenvalue weighted by Crippen LogP contribution is -3.00. The van der Waals surface area contributed by atoms with E-state index < -0.39 is 11.8 Å². The van der Waals surface area contributed by atoms with Crippen molar-refractivity contribution in [2.75, 3.05) is 0 Å². The average Bonchev–Trinajstić information content (AvgIpc) is 3.21. The van der Waals surface area contributed by atoms with Crippen molar-refractivity contribution < 1.29 is 52.7 Å². The summed E-state index contributed by atoms with van der Waals surface area (Å²) in [5.41, 5.74) is 11.9. The number of amides is 2. The lowest BCUT2D eigenvalue weighted by atomic mass is 10.1. The number of hydrogen-bond acceptors (Lipinski definition) is 6. The van der Waals surface area contributed by atoms with Gasteiger partial charge in [0.1, 0.15) is 11.4 Å². The molecule has 4 heterocycles. The van der Waals surface area contributed by atoms with Crippen LogP contribution in [0.25, 0.3) is 32.8 Å². The summed E-state index contributed by atoms with van der Waals surface area (Å²) in [7, 11) is 0. The van der Waals surface area contributed by atoms with Gasteiger partial charge in [-0.25, -0.2) is 20.8 Å². The molecular formula is C44H34Br2N8O2. The third-order valence-corrected chi connectivity index (χ3v) is 8.97. The number of aromatic nitrogens is 4. The normalized spacial score (nSPS) is 11.1. The Kier molecular flexibility index (Phi) is 12.8. The second-order valence-corrected chi connectivity index (χ2v) is 12.7. The highest BCUT2D eigenvalue weighted by atomic mass is 79.9. The van der Waals surface area contributed by atoms with Gasteiger partial charge in [-0.1, -0.05) is 60.7 Å². The van der Waals surface area contributed by atoms with E-state index in [9.17, 15) is 9.59 Å². The van der Waals surface area contributed by atoms with Gasteiger partial charge in [-0.05, 0) is 71.8 Å². The highest BCUT2D eigenvalue weighted by Crippen LogP contribution is 2.15. The summed E-state index contributed by atoms with van der Waals surface area (Å²) in [6, 6.07) is 47.4. The molecule has 0 bridgehead atoms. The smallest absolute Gasteiger partial charge is 0.290 e. The Morgan fingerprint density at radius 1 is 0.518 bits per heavy atom. The van der Waals surface area contributed by atoms with Gasteiger partial charge in [-0.15, -0.1) is 0 Å². The number of benzene rings is 4. The molecule has 8 aromatic rings. The molecule has 12 heteroatoms. The zero-order chi connectivity index (χ0) is 36.7. The summed E-state index contributed by atoms with van der Waals surface area (Å²) in [5, 5.41) is 11.1. The molecule has 2 amide bonds. The van der Waals surface area contributed by atoms with Crippen molar-refractivity contribution >= 4 is 57.1 Å². The van der Waals surface area contributed by atoms with E-state index >= 15 is 0 Å². The van der Waals surface area contributed by atoms with E-state index in [2.05, 4.69) is 76.8 Å². The van der Waals surface area contributed by atoms with Crippen LogP contribution >= 0.6 is 0 Å². The van der Waals surface area contributed by atoms with E-state index in [1.807, 2.05) is 97.1 Å². The molecule has 0 aliphatic carbocycles. The fraction of sp³-hybridized carbons (Fsp3) is 0.0455. The van der Waals surface area contributed by atoms with E-state index in [-0.39, 0.29) is 51.0 Å². The van der Waals surface area contributed by atoms with Crippen LogP contribution in [-0.4, -0.2) is 34.2 Å². The summed E-state index contributed by atoms with van der Waals surface area (Å²) in [4.78, 5) is 34.7. The SMILES string of the molecule is O=C(NN=Cc1ccc2c(ccc[n+]2Cc2ccccc2)c1)c1ccc2ccc(C(=O)NN=Cc3ccc4c(ccc[n+]4Cc4ccccc4)c3)nc2n1.[Br-].[Br-]. The topological polar surface area (TPSA) is 116 Å². The first-order chi connectivity index (χ1) is 26.6. The molecule has 0 aliphatic heterocycles. The standard InChI is InChI=1S/C44H32N8O2.2BrH/c53-43(49-45-27-33-15-21-40-36(25-33)13-7-23-51(40)29-31-9-3-1-4-10-31)38-19-17-35-18-20-39(48-42(35)47-38)44(54)50-46-28-34-16-22-41-37(26-34)14-8-24-52(41)30-32-11-5-2-6-12-32;;/h1-28H,29-30H2;2*1H. The van der Waals surface area contributed by atoms with Crippen LogP contribution in [0.5, 0.6) is 0 Å². The number of rotatable bonds is 10. The van der Waals surface area contributed by atoms with Gasteiger partial charge in [0, 0.05) is 51.6 Å². The molecule has 0 saturated heterocycles. The molecule has 0 aliphatic rings. The van der Waals surface area contributed by atoms with Crippen molar-refractivity contribution in [3.05, 3.63) is 192 Å². The second kappa shape index (κ2) is 18.2. The molecule has 0 radical (unpaired) electrons. The summed E-state index contributed by atoms with van der Waals surface area (Å²) >= 11 is 0. The number of hydrazone groups is 2. The third kappa shape index (κ3) is 9.23. The number of carbonyl (C=O) groups is 2. The van der Waals surface area contributed by atoms with E-state index in [1.165, 1.54) is 11.1 Å². The van der Waals surface area contributed by atoms with Gasteiger partial charge in [-0.3, -0.25) is 9.59 Å². The molecule has 0 fully saturated rings. The highest BCUT2D eigenvalue weighted by molar-refractivity contribution is 5.97. The van der Waals surface area contributed by atoms with Crippen LogP contribution in [0.15, 0.2) is 168 Å². The average molecular weight is 867 g/mol. The van der Waals surface area contributed by atoms with Crippen LogP contribution in [0.3, 0.4) is 0 Å². The number of halogens is 2. The van der Waals surface area contributed by atoms with Gasteiger partial charge < -0.3 is 34.0 Å². The van der Waals surface area contributed by atoms with Gasteiger partial charge in [0.2, 0.25) is 11.0 Å². The number of nitrogens with one attached hydrogen (secondary N) is 2. The second-order valence-electron chi connectivity index (χ2n) is 12.7. The van der Waals surface area contributed by atoms with Gasteiger partial charge in [0.25, 0.3) is 11.8 Å². The Bertz CT molecular complexity index is 2540. The summed E-state index contributed by atoms with van der Waals surface area (Å²) in [6.07, 6.45) is 7.31. The van der Waals surface area contributed by atoms with Gasteiger partial charge in [0.15, 0.2) is 31.1 Å². The molecule has 0 saturated carbocycles. The van der Waals surface area contributed by atoms with Crippen LogP contribution in [0.2, 0.25) is 0 Å². The maximum Gasteiger partial charge on any atom is 0.290 e. The summed E-state index contributed by atoms with van der Waals surface area (Å²) in [6.45, 7) is 1.52. The maximum absolute atomic E-state index is 13.0. The van der Waals surface area contributed by atoms with Crippen molar-refractivity contribution in [1.82, 2.24) is 20.8 Å². The van der Waals surface area contributed by atoms with E-state index in [0.29, 0.717) is 5.39 Å². The molecule has 2 N–H and O–H groups in total. The van der Waals surface area contributed by atoms with Gasteiger partial charge >= 0.3 is 0 Å². The van der Waals surface area contributed by atoms with E-state index in [1.54, 1.807) is 36.7 Å². The molecule has 4 aromatic heterocycles. The Morgan fingerprint density at radius 2 is 0.964 bits per heavy atom. The first-order valence-electron chi connectivity index (χ1n) is 17.4. The lowest BCUT2D eigenvalue weighted by Gasteiger charge is -2.04. The van der Waals surface area contributed by atoms with Gasteiger partial charge in [-0.2, -0.15) is 19.3 Å². The van der Waals surface area contributed by atoms with Crippen molar-refractivity contribution in [3.63, 3.8) is 0 Å². The fourth-order valence-corrected chi connectivity index (χ4v) is 6.29. The number of nitrogens with zero attached hydrogens (tertiary/aromatic N) is 6. The quantitative estimate of drug-likeness (QED) is 0.116. The zero-order valence-electron chi connectivity index (χ0n) is 29.8. The van der Waals surface area contributed by atoms with E-state index in [4.69, 9.17) is 0 Å². The lowest BCUT2D eigenvalue weighted by molar-refractivity contribution is -0.662. The molecule has 0 atom stereocenters. The largest absolute Gasteiger partial charge is 1.00 e. The van der Waals surface area contributed by atoms with Crippen LogP contribution in [0.1, 0.15) is 43.2 Å². The van der Waals surface area contributed by atoms with Crippen LogP contribution in [-0.2, 0) is 13.1 Å². The van der Waals surface area contributed by atoms with Gasteiger partial charge in [0.05, 0.1) is 12.4 Å². The van der Waals surface area contributed by atoms with Crippen LogP contribution in [0.4, 0.5) is 0 Å². The Balaban J connectivity index is 0.00000266.